The average molecular weight is 492 g/mol. The van der Waals surface area contributed by atoms with E-state index >= 15 is 0 Å². The molecule has 0 saturated heterocycles. The van der Waals surface area contributed by atoms with Crippen molar-refractivity contribution in [3.05, 3.63) is 0 Å². The van der Waals surface area contributed by atoms with Gasteiger partial charge in [0.05, 0.1) is 25.7 Å². The number of aliphatic hydroxyl groups is 1. The first-order valence-electron chi connectivity index (χ1n) is 6.30. The molecule has 0 aliphatic heterocycles. The molecular weight excluding hydrogens is 469 g/mol. The Morgan fingerprint density at radius 1 is 0.581 bits per heavy atom. The Labute approximate surface area is 239 Å². The number of hydrogen-bond acceptors (Lipinski definition) is 8. The normalized spacial score (nSPS) is 10.7. The van der Waals surface area contributed by atoms with Crippen LogP contribution in [0, 0.1) is 0 Å². The number of carboxylic acids is 5. The molecule has 0 aromatic heterocycles. The second-order valence-corrected chi connectivity index (χ2v) is 5.00. The molecule has 170 valence electrons. The standard InChI is InChI=1S/C12H14O13.3Na.3H2O.3H/c13-5(14)1-11(24,9(20)21)4-8(19)25-12(10(22)23,2-6(15)16)3-7(17)18;;;;;;;;;/h24H,1-4H2,(H,13,14)(H,15,16)(H,17,18)(H,20,21)(H,22,23);;;;3*1H2;;;. The Morgan fingerprint density at radius 2 is 0.903 bits per heavy atom. The van der Waals surface area contributed by atoms with Gasteiger partial charge in [0.1, 0.15) is 0 Å². The van der Waals surface area contributed by atoms with E-state index in [2.05, 4.69) is 4.74 Å². The van der Waals surface area contributed by atoms with Crippen molar-refractivity contribution in [2.45, 2.75) is 36.9 Å². The fourth-order valence-electron chi connectivity index (χ4n) is 1.77. The Balaban J connectivity index is -0.000000192. The molecule has 0 rings (SSSR count). The zero-order chi connectivity index (χ0) is 20.0. The number of aliphatic carboxylic acids is 5. The van der Waals surface area contributed by atoms with E-state index in [0.717, 1.165) is 0 Å². The van der Waals surface area contributed by atoms with Gasteiger partial charge in [-0.1, -0.05) is 0 Å². The van der Waals surface area contributed by atoms with E-state index in [9.17, 15) is 33.9 Å². The summed E-state index contributed by atoms with van der Waals surface area (Å²) in [7, 11) is 0. The first-order chi connectivity index (χ1) is 11.2. The van der Waals surface area contributed by atoms with Gasteiger partial charge in [0.2, 0.25) is 5.60 Å². The molecule has 1 unspecified atom stereocenters. The van der Waals surface area contributed by atoms with Crippen molar-refractivity contribution in [1.29, 1.82) is 0 Å². The number of carbonyl (C=O) groups is 6. The monoisotopic (exact) mass is 492 g/mol. The Hall–Kier alpha value is -0.340. The first kappa shape index (κ1) is 48.2. The van der Waals surface area contributed by atoms with Crippen molar-refractivity contribution >= 4 is 124 Å². The van der Waals surface area contributed by atoms with Gasteiger partial charge in [-0.3, -0.25) is 19.2 Å². The zero-order valence-corrected chi connectivity index (χ0v) is 13.9. The van der Waals surface area contributed by atoms with Crippen LogP contribution in [0.25, 0.3) is 0 Å². The number of ether oxygens (including phenoxy) is 1. The van der Waals surface area contributed by atoms with Gasteiger partial charge in [0.15, 0.2) is 5.60 Å². The Kier molecular flexibility index (Phi) is 31.5. The summed E-state index contributed by atoms with van der Waals surface area (Å²) in [5, 5.41) is 53.5. The van der Waals surface area contributed by atoms with Crippen LogP contribution in [0.3, 0.4) is 0 Å². The van der Waals surface area contributed by atoms with Gasteiger partial charge in [-0.25, -0.2) is 9.59 Å². The Morgan fingerprint density at radius 3 is 1.13 bits per heavy atom. The molecule has 0 aromatic rings. The van der Waals surface area contributed by atoms with Crippen molar-refractivity contribution in [2.75, 3.05) is 0 Å². The second-order valence-electron chi connectivity index (χ2n) is 5.00. The predicted molar refractivity (Wildman–Crippen MR) is 103 cm³/mol. The SMILES string of the molecule is O.O.O.O=C(O)CC(O)(CC(=O)OC(CC(=O)O)(CC(=O)O)C(=O)O)C(=O)O.[NaH].[NaH].[NaH]. The van der Waals surface area contributed by atoms with Gasteiger partial charge in [0, 0.05) is 0 Å². The zero-order valence-electron chi connectivity index (χ0n) is 13.9. The molecule has 0 amide bonds. The van der Waals surface area contributed by atoms with E-state index in [4.69, 9.17) is 25.5 Å². The van der Waals surface area contributed by atoms with E-state index in [0.29, 0.717) is 0 Å². The number of carboxylic acid groups (broad SMARTS) is 5. The van der Waals surface area contributed by atoms with Gasteiger partial charge in [-0.2, -0.15) is 0 Å². The van der Waals surface area contributed by atoms with Crippen LogP contribution in [-0.2, 0) is 33.5 Å². The van der Waals surface area contributed by atoms with E-state index in [1.807, 2.05) is 0 Å². The summed E-state index contributed by atoms with van der Waals surface area (Å²) in [5.74, 6) is -11.6. The summed E-state index contributed by atoms with van der Waals surface area (Å²) in [6.07, 6.45) is -5.94. The molecule has 0 fully saturated rings. The van der Waals surface area contributed by atoms with E-state index < -0.39 is 72.7 Å². The summed E-state index contributed by atoms with van der Waals surface area (Å²) >= 11 is 0. The van der Waals surface area contributed by atoms with Gasteiger partial charge in [-0.05, 0) is 0 Å². The van der Waals surface area contributed by atoms with Gasteiger partial charge in [0.25, 0.3) is 0 Å². The van der Waals surface area contributed by atoms with Crippen LogP contribution in [0.4, 0.5) is 0 Å². The maximum atomic E-state index is 11.7. The minimum absolute atomic E-state index is 0. The van der Waals surface area contributed by atoms with Gasteiger partial charge < -0.3 is 51.8 Å². The third kappa shape index (κ3) is 16.9. The number of esters is 1. The fourth-order valence-corrected chi connectivity index (χ4v) is 1.77. The molecule has 12 N–H and O–H groups in total. The van der Waals surface area contributed by atoms with Crippen LogP contribution in [-0.4, -0.2) is 183 Å². The number of carbonyl (C=O) groups excluding carboxylic acids is 1. The first-order valence-corrected chi connectivity index (χ1v) is 6.30. The second kappa shape index (κ2) is 20.3. The molecule has 0 aliphatic rings. The number of rotatable bonds is 11. The van der Waals surface area contributed by atoms with Crippen molar-refractivity contribution in [3.63, 3.8) is 0 Å². The van der Waals surface area contributed by atoms with Gasteiger partial charge >= 0.3 is 124 Å². The quantitative estimate of drug-likeness (QED) is 0.115. The molecule has 0 aromatic carbocycles. The summed E-state index contributed by atoms with van der Waals surface area (Å²) < 4.78 is 4.33. The van der Waals surface area contributed by atoms with E-state index in [1.165, 1.54) is 0 Å². The molecule has 0 bridgehead atoms. The molecule has 19 heteroatoms. The van der Waals surface area contributed by atoms with E-state index in [-0.39, 0.29) is 105 Å². The van der Waals surface area contributed by atoms with Crippen molar-refractivity contribution in [1.82, 2.24) is 0 Å². The molecule has 16 nitrogen and oxygen atoms in total. The van der Waals surface area contributed by atoms with Crippen LogP contribution >= 0.6 is 0 Å². The summed E-state index contributed by atoms with van der Waals surface area (Å²) in [6.45, 7) is 0. The predicted octanol–water partition coefficient (Wildman–Crippen LogP) is -6.44. The molecule has 1 atom stereocenters. The molecule has 0 saturated carbocycles. The third-order valence-corrected chi connectivity index (χ3v) is 2.85. The molecule has 0 aliphatic carbocycles. The number of hydrogen-bond donors (Lipinski definition) is 6. The maximum absolute atomic E-state index is 11.7. The molecule has 0 heterocycles. The van der Waals surface area contributed by atoms with E-state index in [1.54, 1.807) is 0 Å². The Bertz CT molecular complexity index is 607. The van der Waals surface area contributed by atoms with Gasteiger partial charge in [-0.15, -0.1) is 0 Å². The topological polar surface area (TPSA) is 328 Å². The van der Waals surface area contributed by atoms with Crippen LogP contribution in [0.15, 0.2) is 0 Å². The van der Waals surface area contributed by atoms with Crippen LogP contribution in [0.2, 0.25) is 0 Å². The van der Waals surface area contributed by atoms with Crippen molar-refractivity contribution < 1.29 is 80.6 Å². The summed E-state index contributed by atoms with van der Waals surface area (Å²) in [6, 6.07) is 0. The summed E-state index contributed by atoms with van der Waals surface area (Å²) in [5.41, 5.74) is -6.24. The average Bonchev–Trinajstić information content (AvgIpc) is 2.34. The third-order valence-electron chi connectivity index (χ3n) is 2.85. The molecular formula is C12H23Na3O16. The van der Waals surface area contributed by atoms with Crippen LogP contribution in [0.1, 0.15) is 25.7 Å². The minimum atomic E-state index is -3.17. The fraction of sp³-hybridized carbons (Fsp3) is 0.500. The van der Waals surface area contributed by atoms with Crippen LogP contribution < -0.4 is 0 Å². The molecule has 31 heavy (non-hydrogen) atoms. The van der Waals surface area contributed by atoms with Crippen LogP contribution in [0.5, 0.6) is 0 Å². The summed E-state index contributed by atoms with van der Waals surface area (Å²) in [4.78, 5) is 66.0. The molecule has 0 radical (unpaired) electrons. The molecule has 0 spiro atoms. The van der Waals surface area contributed by atoms with Crippen molar-refractivity contribution in [2.24, 2.45) is 0 Å². The van der Waals surface area contributed by atoms with Crippen molar-refractivity contribution in [3.8, 4) is 0 Å².